The van der Waals surface area contributed by atoms with Gasteiger partial charge in [-0.05, 0) is 19.3 Å². The number of epoxide rings is 1. The lowest BCUT2D eigenvalue weighted by atomic mass is 9.95. The van der Waals surface area contributed by atoms with Gasteiger partial charge in [-0.2, -0.15) is 0 Å². The summed E-state index contributed by atoms with van der Waals surface area (Å²) in [5.74, 6) is 0.0779. The molecule has 2 rings (SSSR count). The Morgan fingerprint density at radius 2 is 2.27 bits per heavy atom. The summed E-state index contributed by atoms with van der Waals surface area (Å²) in [5.41, 5.74) is 0. The van der Waals surface area contributed by atoms with Crippen molar-refractivity contribution in [1.29, 1.82) is 0 Å². The molecule has 0 unspecified atom stereocenters. The minimum atomic E-state index is 0.0779. The van der Waals surface area contributed by atoms with E-state index in [2.05, 4.69) is 5.32 Å². The second-order valence-corrected chi connectivity index (χ2v) is 3.42. The van der Waals surface area contributed by atoms with Crippen molar-refractivity contribution in [3.8, 4) is 0 Å². The Bertz CT molecular complexity index is 181. The minimum absolute atomic E-state index is 0.0779. The Labute approximate surface area is 66.1 Å². The van der Waals surface area contributed by atoms with E-state index in [1.807, 2.05) is 0 Å². The molecule has 0 bridgehead atoms. The lowest BCUT2D eigenvalue weighted by Crippen LogP contribution is -2.36. The van der Waals surface area contributed by atoms with Crippen LogP contribution >= 0.6 is 0 Å². The van der Waals surface area contributed by atoms with E-state index in [1.54, 1.807) is 6.92 Å². The SMILES string of the molecule is CC(=O)N[C@@H]1CC[C@@H]2O[C@@H]2C1. The van der Waals surface area contributed by atoms with Crippen LogP contribution in [0.5, 0.6) is 0 Å². The van der Waals surface area contributed by atoms with E-state index >= 15 is 0 Å². The third kappa shape index (κ3) is 1.53. The highest BCUT2D eigenvalue weighted by atomic mass is 16.6. The van der Waals surface area contributed by atoms with Crippen LogP contribution in [0.1, 0.15) is 26.2 Å². The number of ether oxygens (including phenoxy) is 1. The number of nitrogens with one attached hydrogen (secondary N) is 1. The van der Waals surface area contributed by atoms with E-state index in [4.69, 9.17) is 4.74 Å². The maximum atomic E-state index is 10.7. The van der Waals surface area contributed by atoms with E-state index in [9.17, 15) is 4.79 Å². The fraction of sp³-hybridized carbons (Fsp3) is 0.875. The second-order valence-electron chi connectivity index (χ2n) is 3.42. The Kier molecular flexibility index (Phi) is 1.60. The molecular weight excluding hydrogens is 142 g/mol. The molecular formula is C8H13NO2. The predicted molar refractivity (Wildman–Crippen MR) is 40.1 cm³/mol. The van der Waals surface area contributed by atoms with Gasteiger partial charge in [-0.25, -0.2) is 0 Å². The molecule has 1 amide bonds. The molecule has 3 atom stereocenters. The maximum Gasteiger partial charge on any atom is 0.217 e. The van der Waals surface area contributed by atoms with Crippen molar-refractivity contribution in [2.75, 3.05) is 0 Å². The summed E-state index contributed by atoms with van der Waals surface area (Å²) in [6, 6.07) is 0.372. The highest BCUT2D eigenvalue weighted by Crippen LogP contribution is 2.36. The Morgan fingerprint density at radius 3 is 2.91 bits per heavy atom. The first-order valence-electron chi connectivity index (χ1n) is 4.18. The molecule has 1 saturated heterocycles. The fourth-order valence-electron chi connectivity index (χ4n) is 1.82. The van der Waals surface area contributed by atoms with Gasteiger partial charge in [-0.15, -0.1) is 0 Å². The monoisotopic (exact) mass is 155 g/mol. The largest absolute Gasteiger partial charge is 0.370 e. The quantitative estimate of drug-likeness (QED) is 0.558. The van der Waals surface area contributed by atoms with Gasteiger partial charge >= 0.3 is 0 Å². The standard InChI is InChI=1S/C8H13NO2/c1-5(10)9-6-2-3-7-8(4-6)11-7/h6-8H,2-4H2,1H3,(H,9,10)/t6-,7+,8-/m1/s1. The Morgan fingerprint density at radius 1 is 1.45 bits per heavy atom. The van der Waals surface area contributed by atoms with Gasteiger partial charge in [0.1, 0.15) is 0 Å². The van der Waals surface area contributed by atoms with E-state index in [0.29, 0.717) is 18.2 Å². The summed E-state index contributed by atoms with van der Waals surface area (Å²) in [5, 5.41) is 2.92. The van der Waals surface area contributed by atoms with Crippen LogP contribution in [0, 0.1) is 0 Å². The molecule has 3 heteroatoms. The molecule has 0 aromatic rings. The fourth-order valence-corrected chi connectivity index (χ4v) is 1.82. The summed E-state index contributed by atoms with van der Waals surface area (Å²) < 4.78 is 5.34. The molecule has 0 aromatic carbocycles. The van der Waals surface area contributed by atoms with Crippen LogP contribution in [0.3, 0.4) is 0 Å². The van der Waals surface area contributed by atoms with Crippen molar-refractivity contribution in [2.45, 2.75) is 44.4 Å². The normalized spacial score (nSPS) is 41.0. The minimum Gasteiger partial charge on any atom is -0.370 e. The summed E-state index contributed by atoms with van der Waals surface area (Å²) in [6.07, 6.45) is 4.21. The zero-order valence-electron chi connectivity index (χ0n) is 6.67. The summed E-state index contributed by atoms with van der Waals surface area (Å²) in [4.78, 5) is 10.7. The average Bonchev–Trinajstić information content (AvgIpc) is 2.63. The third-order valence-electron chi connectivity index (χ3n) is 2.41. The molecule has 1 aliphatic heterocycles. The molecule has 11 heavy (non-hydrogen) atoms. The van der Waals surface area contributed by atoms with Crippen molar-refractivity contribution in [3.63, 3.8) is 0 Å². The van der Waals surface area contributed by atoms with Crippen LogP contribution in [0.4, 0.5) is 0 Å². The molecule has 1 N–H and O–H groups in total. The molecule has 0 radical (unpaired) electrons. The summed E-state index contributed by atoms with van der Waals surface area (Å²) >= 11 is 0. The molecule has 1 saturated carbocycles. The maximum absolute atomic E-state index is 10.7. The molecule has 3 nitrogen and oxygen atoms in total. The molecule has 2 aliphatic rings. The predicted octanol–water partition coefficient (Wildman–Crippen LogP) is 0.442. The molecule has 62 valence electrons. The molecule has 1 aliphatic carbocycles. The number of carbonyl (C=O) groups is 1. The topological polar surface area (TPSA) is 41.6 Å². The lowest BCUT2D eigenvalue weighted by molar-refractivity contribution is -0.119. The number of rotatable bonds is 1. The zero-order valence-corrected chi connectivity index (χ0v) is 6.67. The number of hydrogen-bond acceptors (Lipinski definition) is 2. The van der Waals surface area contributed by atoms with Crippen LogP contribution in [0.15, 0.2) is 0 Å². The molecule has 1 heterocycles. The summed E-state index contributed by atoms with van der Waals surface area (Å²) in [6.45, 7) is 1.57. The third-order valence-corrected chi connectivity index (χ3v) is 2.41. The van der Waals surface area contributed by atoms with Crippen LogP contribution in [0.2, 0.25) is 0 Å². The van der Waals surface area contributed by atoms with Gasteiger partial charge in [0.15, 0.2) is 0 Å². The second kappa shape index (κ2) is 2.48. The van der Waals surface area contributed by atoms with Crippen LogP contribution in [0.25, 0.3) is 0 Å². The smallest absolute Gasteiger partial charge is 0.217 e. The first-order chi connectivity index (χ1) is 5.25. The molecule has 2 fully saturated rings. The van der Waals surface area contributed by atoms with Gasteiger partial charge in [0.25, 0.3) is 0 Å². The van der Waals surface area contributed by atoms with Gasteiger partial charge in [0.05, 0.1) is 12.2 Å². The number of hydrogen-bond donors (Lipinski definition) is 1. The van der Waals surface area contributed by atoms with Crippen molar-refractivity contribution in [2.24, 2.45) is 0 Å². The number of amides is 1. The van der Waals surface area contributed by atoms with Crippen LogP contribution < -0.4 is 5.32 Å². The van der Waals surface area contributed by atoms with E-state index in [1.165, 1.54) is 0 Å². The first kappa shape index (κ1) is 7.10. The van der Waals surface area contributed by atoms with E-state index in [0.717, 1.165) is 19.3 Å². The first-order valence-corrected chi connectivity index (χ1v) is 4.18. The van der Waals surface area contributed by atoms with E-state index < -0.39 is 0 Å². The summed E-state index contributed by atoms with van der Waals surface area (Å²) in [7, 11) is 0. The average molecular weight is 155 g/mol. The van der Waals surface area contributed by atoms with Gasteiger partial charge in [0.2, 0.25) is 5.91 Å². The van der Waals surface area contributed by atoms with Crippen molar-refractivity contribution >= 4 is 5.91 Å². The van der Waals surface area contributed by atoms with E-state index in [-0.39, 0.29) is 5.91 Å². The molecule has 0 aromatic heterocycles. The van der Waals surface area contributed by atoms with Crippen molar-refractivity contribution in [3.05, 3.63) is 0 Å². The van der Waals surface area contributed by atoms with Gasteiger partial charge < -0.3 is 10.1 Å². The zero-order chi connectivity index (χ0) is 7.84. The van der Waals surface area contributed by atoms with Gasteiger partial charge in [0, 0.05) is 13.0 Å². The van der Waals surface area contributed by atoms with Crippen molar-refractivity contribution < 1.29 is 9.53 Å². The Hall–Kier alpha value is -0.570. The Balaban J connectivity index is 1.81. The van der Waals surface area contributed by atoms with Crippen molar-refractivity contribution in [1.82, 2.24) is 5.32 Å². The van der Waals surface area contributed by atoms with Gasteiger partial charge in [-0.1, -0.05) is 0 Å². The number of fused-ring (bicyclic) bond motifs is 1. The lowest BCUT2D eigenvalue weighted by Gasteiger charge is -2.18. The van der Waals surface area contributed by atoms with Gasteiger partial charge in [-0.3, -0.25) is 4.79 Å². The van der Waals surface area contributed by atoms with Crippen LogP contribution in [-0.4, -0.2) is 24.2 Å². The highest BCUT2D eigenvalue weighted by Gasteiger charge is 2.43. The highest BCUT2D eigenvalue weighted by molar-refractivity contribution is 5.73. The number of carbonyl (C=O) groups excluding carboxylic acids is 1. The molecule has 0 spiro atoms. The van der Waals surface area contributed by atoms with Crippen LogP contribution in [-0.2, 0) is 9.53 Å².